The van der Waals surface area contributed by atoms with Crippen molar-refractivity contribution in [2.24, 2.45) is 0 Å². The van der Waals surface area contributed by atoms with Gasteiger partial charge in [0.15, 0.2) is 0 Å². The molecule has 2 aliphatic rings. The van der Waals surface area contributed by atoms with Crippen molar-refractivity contribution in [3.63, 3.8) is 0 Å². The molecule has 2 amide bonds. The highest BCUT2D eigenvalue weighted by molar-refractivity contribution is 6.08. The Morgan fingerprint density at radius 1 is 1.03 bits per heavy atom. The molecule has 1 saturated carbocycles. The van der Waals surface area contributed by atoms with Gasteiger partial charge in [-0.15, -0.1) is 0 Å². The maximum atomic E-state index is 14.4. The van der Waals surface area contributed by atoms with Crippen molar-refractivity contribution in [1.29, 1.82) is 0 Å². The lowest BCUT2D eigenvalue weighted by Gasteiger charge is -2.45. The molecule has 4 heterocycles. The highest BCUT2D eigenvalue weighted by Crippen LogP contribution is 2.38. The van der Waals surface area contributed by atoms with Crippen molar-refractivity contribution in [2.75, 3.05) is 0 Å². The fraction of sp³-hybridized carbons (Fsp3) is 0.345. The van der Waals surface area contributed by atoms with Gasteiger partial charge in [0, 0.05) is 30.0 Å². The van der Waals surface area contributed by atoms with Crippen molar-refractivity contribution in [3.05, 3.63) is 84.6 Å². The van der Waals surface area contributed by atoms with Gasteiger partial charge in [0.1, 0.15) is 11.2 Å². The summed E-state index contributed by atoms with van der Waals surface area (Å²) in [4.78, 5) is 34.6. The minimum absolute atomic E-state index is 0.0929. The van der Waals surface area contributed by atoms with Crippen LogP contribution in [0.5, 0.6) is 0 Å². The first kappa shape index (κ1) is 22.6. The lowest BCUT2D eigenvalue weighted by Crippen LogP contribution is -2.64. The third-order valence-corrected chi connectivity index (χ3v) is 7.79. The molecular formula is C29H31N5O2. The van der Waals surface area contributed by atoms with Gasteiger partial charge in [0.2, 0.25) is 5.91 Å². The van der Waals surface area contributed by atoms with Crippen LogP contribution in [0.3, 0.4) is 0 Å². The number of fused-ring (bicyclic) bond motifs is 3. The third kappa shape index (κ3) is 3.70. The molecule has 1 aliphatic carbocycles. The van der Waals surface area contributed by atoms with Crippen LogP contribution in [0.1, 0.15) is 55.2 Å². The van der Waals surface area contributed by atoms with Crippen molar-refractivity contribution < 1.29 is 9.59 Å². The Kier molecular flexibility index (Phi) is 5.63. The minimum Gasteiger partial charge on any atom is -0.351 e. The lowest BCUT2D eigenvalue weighted by atomic mass is 9.91. The molecule has 0 saturated heterocycles. The predicted octanol–water partition coefficient (Wildman–Crippen LogP) is 4.69. The van der Waals surface area contributed by atoms with E-state index in [1.807, 2.05) is 83.0 Å². The minimum atomic E-state index is -1.06. The second-order valence-corrected chi connectivity index (χ2v) is 10.2. The number of nitrogens with one attached hydrogen (secondary N) is 1. The number of nitrogens with zero attached hydrogens (tertiary/aromatic N) is 4. The summed E-state index contributed by atoms with van der Waals surface area (Å²) in [6, 6.07) is 17.8. The molecule has 36 heavy (non-hydrogen) atoms. The summed E-state index contributed by atoms with van der Waals surface area (Å²) in [5.74, 6) is -0.252. The van der Waals surface area contributed by atoms with Crippen LogP contribution < -0.4 is 5.32 Å². The Morgan fingerprint density at radius 3 is 2.53 bits per heavy atom. The number of para-hydroxylation sites is 1. The van der Waals surface area contributed by atoms with Gasteiger partial charge in [-0.05, 0) is 50.1 Å². The molecule has 7 nitrogen and oxygen atoms in total. The van der Waals surface area contributed by atoms with Gasteiger partial charge in [-0.1, -0.05) is 43.5 Å². The number of pyridine rings is 1. The smallest absolute Gasteiger partial charge is 0.274 e. The molecule has 4 aromatic rings. The number of hydrogen-bond donors (Lipinski definition) is 1. The number of rotatable bonds is 5. The van der Waals surface area contributed by atoms with Crippen molar-refractivity contribution in [2.45, 2.75) is 63.7 Å². The van der Waals surface area contributed by atoms with Gasteiger partial charge < -0.3 is 19.4 Å². The Bertz CT molecular complexity index is 1400. The number of aromatic nitrogens is 3. The summed E-state index contributed by atoms with van der Waals surface area (Å²) < 4.78 is 4.04. The van der Waals surface area contributed by atoms with Crippen LogP contribution in [0, 0.1) is 0 Å². The van der Waals surface area contributed by atoms with E-state index < -0.39 is 5.54 Å². The van der Waals surface area contributed by atoms with Crippen LogP contribution in [-0.2, 0) is 17.9 Å². The van der Waals surface area contributed by atoms with Crippen LogP contribution >= 0.6 is 0 Å². The van der Waals surface area contributed by atoms with E-state index in [9.17, 15) is 9.59 Å². The predicted molar refractivity (Wildman–Crippen MR) is 139 cm³/mol. The number of hydrogen-bond acceptors (Lipinski definition) is 3. The molecule has 6 rings (SSSR count). The maximum absolute atomic E-state index is 14.4. The van der Waals surface area contributed by atoms with Crippen molar-refractivity contribution in [1.82, 2.24) is 24.3 Å². The average Bonchev–Trinajstić information content (AvgIpc) is 3.54. The fourth-order valence-electron chi connectivity index (χ4n) is 5.84. The summed E-state index contributed by atoms with van der Waals surface area (Å²) in [6.45, 7) is 2.54. The van der Waals surface area contributed by atoms with Crippen molar-refractivity contribution in [3.8, 4) is 5.69 Å². The topological polar surface area (TPSA) is 72.2 Å². The molecule has 1 N–H and O–H groups in total. The van der Waals surface area contributed by atoms with E-state index in [2.05, 4.69) is 10.3 Å². The van der Waals surface area contributed by atoms with E-state index in [0.717, 1.165) is 48.0 Å². The Balaban J connectivity index is 1.49. The first-order chi connectivity index (χ1) is 17.6. The summed E-state index contributed by atoms with van der Waals surface area (Å²) in [6.07, 6.45) is 11.1. The number of carbonyl (C=O) groups excluding carboxylic acids is 2. The van der Waals surface area contributed by atoms with Crippen LogP contribution in [0.2, 0.25) is 0 Å². The molecule has 0 bridgehead atoms. The van der Waals surface area contributed by atoms with Crippen molar-refractivity contribution >= 4 is 22.7 Å². The molecule has 0 radical (unpaired) electrons. The molecule has 7 heteroatoms. The van der Waals surface area contributed by atoms with Crippen LogP contribution in [0.4, 0.5) is 0 Å². The average molecular weight is 482 g/mol. The maximum Gasteiger partial charge on any atom is 0.274 e. The van der Waals surface area contributed by atoms with E-state index >= 15 is 0 Å². The van der Waals surface area contributed by atoms with Gasteiger partial charge in [-0.3, -0.25) is 14.6 Å². The fourth-order valence-corrected chi connectivity index (χ4v) is 5.84. The molecule has 0 unspecified atom stereocenters. The van der Waals surface area contributed by atoms with E-state index in [0.29, 0.717) is 12.2 Å². The number of carbonyl (C=O) groups is 2. The molecule has 3 aromatic heterocycles. The molecule has 0 spiro atoms. The summed E-state index contributed by atoms with van der Waals surface area (Å²) in [5, 5.41) is 4.30. The summed E-state index contributed by atoms with van der Waals surface area (Å²) in [7, 11) is 0. The standard InChI is InChI=1S/C29H31N5O2/c1-29(28(36)31-21-11-3-2-4-12-21)20-33-24-15-6-5-14-23(24)25(32-17-9-10-18-32)26(33)27(35)34(29)19-22-13-7-8-16-30-22/h5-10,13-18,21H,2-4,11-12,19-20H2,1H3,(H,31,36)/t29-/m0/s1. The zero-order valence-electron chi connectivity index (χ0n) is 20.6. The quantitative estimate of drug-likeness (QED) is 0.450. The van der Waals surface area contributed by atoms with Crippen LogP contribution in [0.15, 0.2) is 73.2 Å². The van der Waals surface area contributed by atoms with Gasteiger partial charge in [-0.25, -0.2) is 0 Å². The Labute approximate surface area is 210 Å². The Hall–Kier alpha value is -3.87. The normalized spacial score (nSPS) is 20.5. The van der Waals surface area contributed by atoms with E-state index in [4.69, 9.17) is 0 Å². The summed E-state index contributed by atoms with van der Waals surface area (Å²) in [5.41, 5.74) is 2.11. The monoisotopic (exact) mass is 481 g/mol. The highest BCUT2D eigenvalue weighted by Gasteiger charge is 2.49. The lowest BCUT2D eigenvalue weighted by molar-refractivity contribution is -0.134. The van der Waals surface area contributed by atoms with E-state index in [-0.39, 0.29) is 24.4 Å². The van der Waals surface area contributed by atoms with Gasteiger partial charge >= 0.3 is 0 Å². The first-order valence-corrected chi connectivity index (χ1v) is 12.8. The molecule has 1 aromatic carbocycles. The van der Waals surface area contributed by atoms with E-state index in [1.54, 1.807) is 11.1 Å². The second kappa shape index (κ2) is 8.97. The van der Waals surface area contributed by atoms with Gasteiger partial charge in [-0.2, -0.15) is 0 Å². The molecular weight excluding hydrogens is 450 g/mol. The zero-order chi connectivity index (χ0) is 24.7. The van der Waals surface area contributed by atoms with Gasteiger partial charge in [0.25, 0.3) is 5.91 Å². The van der Waals surface area contributed by atoms with Crippen LogP contribution in [-0.4, -0.2) is 42.4 Å². The first-order valence-electron chi connectivity index (χ1n) is 12.8. The van der Waals surface area contributed by atoms with E-state index in [1.165, 1.54) is 6.42 Å². The number of amides is 2. The van der Waals surface area contributed by atoms with Gasteiger partial charge in [0.05, 0.1) is 30.0 Å². The largest absolute Gasteiger partial charge is 0.351 e. The molecule has 184 valence electrons. The molecule has 1 aliphatic heterocycles. The zero-order valence-corrected chi connectivity index (χ0v) is 20.6. The highest BCUT2D eigenvalue weighted by atomic mass is 16.2. The second-order valence-electron chi connectivity index (χ2n) is 10.2. The molecule has 1 fully saturated rings. The number of benzene rings is 1. The van der Waals surface area contributed by atoms with Crippen LogP contribution in [0.25, 0.3) is 16.6 Å². The third-order valence-electron chi connectivity index (χ3n) is 7.79. The molecule has 1 atom stereocenters. The Morgan fingerprint density at radius 2 is 1.78 bits per heavy atom. The summed E-state index contributed by atoms with van der Waals surface area (Å²) >= 11 is 0. The SMILES string of the molecule is C[C@@]1(C(=O)NC2CCCCC2)Cn2c(c(-n3cccc3)c3ccccc32)C(=O)N1Cc1ccccn1.